The number of carbonyl (C=O) groups excluding carboxylic acids is 1. The van der Waals surface area contributed by atoms with E-state index in [1.54, 1.807) is 28.5 Å². The largest absolute Gasteiger partial charge is 0.493 e. The van der Waals surface area contributed by atoms with Crippen LogP contribution in [0.5, 0.6) is 11.5 Å². The van der Waals surface area contributed by atoms with Crippen LogP contribution in [0.2, 0.25) is 0 Å². The highest BCUT2D eigenvalue weighted by atomic mass is 32.2. The molecule has 1 aromatic heterocycles. The van der Waals surface area contributed by atoms with Crippen molar-refractivity contribution in [1.29, 1.82) is 0 Å². The highest BCUT2D eigenvalue weighted by Crippen LogP contribution is 2.40. The summed E-state index contributed by atoms with van der Waals surface area (Å²) in [7, 11) is -1.81. The fraction of sp³-hybridized carbons (Fsp3) is 0.389. The van der Waals surface area contributed by atoms with E-state index in [1.807, 2.05) is 6.92 Å². The standard InChI is InChI=1S/C18H22N2O5S2/c1-4-25-16-7-11(5-6-15(16)24-2)14(10-27(3,22)23)20-8-12-13(19)9-26-17(12)18(20)21/h5-7,9,14H,4,8,10,19H2,1-3H3. The van der Waals surface area contributed by atoms with E-state index in [-0.39, 0.29) is 11.7 Å². The average molecular weight is 411 g/mol. The number of ether oxygens (including phenoxy) is 2. The summed E-state index contributed by atoms with van der Waals surface area (Å²) in [6, 6.07) is 4.58. The summed E-state index contributed by atoms with van der Waals surface area (Å²) in [5.74, 6) is 0.673. The number of carbonyl (C=O) groups is 1. The summed E-state index contributed by atoms with van der Waals surface area (Å²) >= 11 is 1.29. The summed E-state index contributed by atoms with van der Waals surface area (Å²) < 4.78 is 35.1. The first-order chi connectivity index (χ1) is 12.7. The Bertz CT molecular complexity index is 968. The summed E-state index contributed by atoms with van der Waals surface area (Å²) in [6.07, 6.45) is 1.16. The molecule has 1 unspecified atom stereocenters. The number of hydrogen-bond donors (Lipinski definition) is 1. The molecule has 1 aliphatic heterocycles. The molecular formula is C18H22N2O5S2. The molecular weight excluding hydrogens is 388 g/mol. The molecule has 2 aromatic rings. The Kier molecular flexibility index (Phi) is 5.34. The van der Waals surface area contributed by atoms with Gasteiger partial charge in [0.15, 0.2) is 11.5 Å². The lowest BCUT2D eigenvalue weighted by atomic mass is 10.1. The molecule has 1 atom stereocenters. The molecule has 0 saturated heterocycles. The predicted molar refractivity (Wildman–Crippen MR) is 105 cm³/mol. The Morgan fingerprint density at radius 2 is 2.07 bits per heavy atom. The van der Waals surface area contributed by atoms with Crippen LogP contribution in [0.3, 0.4) is 0 Å². The highest BCUT2D eigenvalue weighted by Gasteiger charge is 2.37. The van der Waals surface area contributed by atoms with Crippen molar-refractivity contribution in [2.75, 3.05) is 31.5 Å². The van der Waals surface area contributed by atoms with Crippen LogP contribution in [-0.2, 0) is 16.4 Å². The quantitative estimate of drug-likeness (QED) is 0.753. The summed E-state index contributed by atoms with van der Waals surface area (Å²) in [6.45, 7) is 2.58. The van der Waals surface area contributed by atoms with Gasteiger partial charge in [-0.05, 0) is 24.6 Å². The molecule has 0 spiro atoms. The minimum atomic E-state index is -3.35. The number of amides is 1. The minimum absolute atomic E-state index is 0.189. The number of benzene rings is 1. The van der Waals surface area contributed by atoms with Crippen LogP contribution in [-0.4, -0.2) is 45.0 Å². The molecule has 0 aliphatic carbocycles. The molecule has 2 heterocycles. The highest BCUT2D eigenvalue weighted by molar-refractivity contribution is 7.90. The molecule has 0 saturated carbocycles. The van der Waals surface area contributed by atoms with Crippen LogP contribution in [0.4, 0.5) is 5.69 Å². The zero-order valence-corrected chi connectivity index (χ0v) is 17.0. The maximum absolute atomic E-state index is 12.9. The lowest BCUT2D eigenvalue weighted by Gasteiger charge is -2.28. The number of methoxy groups -OCH3 is 1. The monoisotopic (exact) mass is 410 g/mol. The Labute approximate surface area is 162 Å². The molecule has 0 bridgehead atoms. The average Bonchev–Trinajstić information content (AvgIpc) is 3.13. The van der Waals surface area contributed by atoms with Gasteiger partial charge in [0.25, 0.3) is 5.91 Å². The number of anilines is 1. The van der Waals surface area contributed by atoms with E-state index >= 15 is 0 Å². The molecule has 3 rings (SSSR count). The van der Waals surface area contributed by atoms with Crippen LogP contribution >= 0.6 is 11.3 Å². The van der Waals surface area contributed by atoms with Gasteiger partial charge in [0.05, 0.1) is 36.9 Å². The van der Waals surface area contributed by atoms with Gasteiger partial charge in [-0.15, -0.1) is 11.3 Å². The summed E-state index contributed by atoms with van der Waals surface area (Å²) in [5, 5.41) is 1.74. The Morgan fingerprint density at radius 1 is 1.33 bits per heavy atom. The second kappa shape index (κ2) is 7.40. The molecule has 0 fully saturated rings. The summed E-state index contributed by atoms with van der Waals surface area (Å²) in [4.78, 5) is 15.0. The number of nitrogens with zero attached hydrogens (tertiary/aromatic N) is 1. The number of sulfone groups is 1. The zero-order valence-electron chi connectivity index (χ0n) is 15.4. The first-order valence-electron chi connectivity index (χ1n) is 8.40. The predicted octanol–water partition coefficient (Wildman–Crippen LogP) is 2.48. The van der Waals surface area contributed by atoms with Gasteiger partial charge >= 0.3 is 0 Å². The van der Waals surface area contributed by atoms with Gasteiger partial charge < -0.3 is 20.1 Å². The Morgan fingerprint density at radius 3 is 2.67 bits per heavy atom. The molecule has 1 aromatic carbocycles. The van der Waals surface area contributed by atoms with E-state index < -0.39 is 15.9 Å². The molecule has 7 nitrogen and oxygen atoms in total. The fourth-order valence-electron chi connectivity index (χ4n) is 3.18. The molecule has 2 N–H and O–H groups in total. The van der Waals surface area contributed by atoms with Gasteiger partial charge in [0.2, 0.25) is 0 Å². The maximum atomic E-state index is 12.9. The molecule has 0 radical (unpaired) electrons. The van der Waals surface area contributed by atoms with Gasteiger partial charge in [-0.25, -0.2) is 8.42 Å². The van der Waals surface area contributed by atoms with Gasteiger partial charge in [0, 0.05) is 22.9 Å². The first-order valence-corrected chi connectivity index (χ1v) is 11.3. The number of rotatable bonds is 7. The summed E-state index contributed by atoms with van der Waals surface area (Å²) in [5.41, 5.74) is 7.96. The number of nitrogens with two attached hydrogens (primary N) is 1. The van der Waals surface area contributed by atoms with Gasteiger partial charge in [-0.3, -0.25) is 4.79 Å². The van der Waals surface area contributed by atoms with Gasteiger partial charge in [-0.2, -0.15) is 0 Å². The number of nitrogen functional groups attached to an aromatic ring is 1. The molecule has 9 heteroatoms. The van der Waals surface area contributed by atoms with Crippen LogP contribution in [0.1, 0.15) is 33.8 Å². The molecule has 1 amide bonds. The van der Waals surface area contributed by atoms with Crippen molar-refractivity contribution in [3.8, 4) is 11.5 Å². The fourth-order valence-corrected chi connectivity index (χ4v) is 5.06. The lowest BCUT2D eigenvalue weighted by Crippen LogP contribution is -2.33. The second-order valence-electron chi connectivity index (χ2n) is 6.38. The smallest absolute Gasteiger partial charge is 0.265 e. The number of hydrogen-bond acceptors (Lipinski definition) is 7. The van der Waals surface area contributed by atoms with E-state index in [2.05, 4.69) is 0 Å². The number of thiophene rings is 1. The van der Waals surface area contributed by atoms with Crippen molar-refractivity contribution < 1.29 is 22.7 Å². The molecule has 27 heavy (non-hydrogen) atoms. The van der Waals surface area contributed by atoms with Crippen molar-refractivity contribution in [2.45, 2.75) is 19.5 Å². The third-order valence-corrected chi connectivity index (χ3v) is 6.37. The second-order valence-corrected chi connectivity index (χ2v) is 9.45. The van der Waals surface area contributed by atoms with Crippen molar-refractivity contribution in [2.24, 2.45) is 0 Å². The third-order valence-electron chi connectivity index (χ3n) is 4.42. The topological polar surface area (TPSA) is 98.9 Å². The van der Waals surface area contributed by atoms with Crippen molar-refractivity contribution >= 4 is 32.8 Å². The van der Waals surface area contributed by atoms with E-state index in [0.717, 1.165) is 11.8 Å². The molecule has 1 aliphatic rings. The van der Waals surface area contributed by atoms with E-state index in [0.29, 0.717) is 40.8 Å². The van der Waals surface area contributed by atoms with Gasteiger partial charge in [0.1, 0.15) is 9.84 Å². The van der Waals surface area contributed by atoms with Crippen LogP contribution < -0.4 is 15.2 Å². The van der Waals surface area contributed by atoms with Crippen molar-refractivity contribution in [1.82, 2.24) is 4.90 Å². The van der Waals surface area contributed by atoms with Crippen LogP contribution in [0.25, 0.3) is 0 Å². The van der Waals surface area contributed by atoms with Crippen LogP contribution in [0.15, 0.2) is 23.6 Å². The Balaban J connectivity index is 2.03. The van der Waals surface area contributed by atoms with E-state index in [1.165, 1.54) is 18.4 Å². The van der Waals surface area contributed by atoms with E-state index in [9.17, 15) is 13.2 Å². The first kappa shape index (κ1) is 19.5. The van der Waals surface area contributed by atoms with Gasteiger partial charge in [-0.1, -0.05) is 6.07 Å². The Hall–Kier alpha value is -2.26. The number of fused-ring (bicyclic) bond motifs is 1. The van der Waals surface area contributed by atoms with Crippen molar-refractivity contribution in [3.63, 3.8) is 0 Å². The van der Waals surface area contributed by atoms with Crippen molar-refractivity contribution in [3.05, 3.63) is 39.6 Å². The van der Waals surface area contributed by atoms with Crippen LogP contribution in [0, 0.1) is 0 Å². The zero-order chi connectivity index (χ0) is 19.8. The molecule has 146 valence electrons. The third kappa shape index (κ3) is 3.89. The normalized spacial score (nSPS) is 14.9. The maximum Gasteiger partial charge on any atom is 0.265 e. The lowest BCUT2D eigenvalue weighted by molar-refractivity contribution is 0.0721. The minimum Gasteiger partial charge on any atom is -0.493 e. The van der Waals surface area contributed by atoms with E-state index in [4.69, 9.17) is 15.2 Å². The SMILES string of the molecule is CCOc1cc(C(CS(C)(=O)=O)N2Cc3c(N)csc3C2=O)ccc1OC.